The summed E-state index contributed by atoms with van der Waals surface area (Å²) >= 11 is 0. The second-order valence-electron chi connectivity index (χ2n) is 3.45. The SMILES string of the molecule is CCOCC(=O)NNC(=O)c1cccc([N+](=O)[O-])c1. The fourth-order valence-corrected chi connectivity index (χ4v) is 1.19. The molecule has 0 saturated carbocycles. The van der Waals surface area contributed by atoms with Crippen LogP contribution in [0.4, 0.5) is 5.69 Å². The van der Waals surface area contributed by atoms with Gasteiger partial charge in [-0.2, -0.15) is 0 Å². The lowest BCUT2D eigenvalue weighted by atomic mass is 10.2. The molecule has 1 rings (SSSR count). The largest absolute Gasteiger partial charge is 0.372 e. The van der Waals surface area contributed by atoms with E-state index in [0.29, 0.717) is 6.61 Å². The van der Waals surface area contributed by atoms with Gasteiger partial charge in [0, 0.05) is 24.3 Å². The molecule has 0 radical (unpaired) electrons. The van der Waals surface area contributed by atoms with Crippen LogP contribution in [-0.2, 0) is 9.53 Å². The van der Waals surface area contributed by atoms with Crippen LogP contribution in [0.5, 0.6) is 0 Å². The first kappa shape index (κ1) is 14.6. The Balaban J connectivity index is 2.56. The van der Waals surface area contributed by atoms with E-state index in [4.69, 9.17) is 4.74 Å². The molecule has 2 N–H and O–H groups in total. The Labute approximate surface area is 108 Å². The summed E-state index contributed by atoms with van der Waals surface area (Å²) in [7, 11) is 0. The number of hydrogen-bond acceptors (Lipinski definition) is 5. The van der Waals surface area contributed by atoms with Crippen LogP contribution in [0.15, 0.2) is 24.3 Å². The van der Waals surface area contributed by atoms with Gasteiger partial charge in [-0.15, -0.1) is 0 Å². The Hall–Kier alpha value is -2.48. The number of non-ortho nitro benzene ring substituents is 1. The Bertz CT molecular complexity index is 489. The first-order chi connectivity index (χ1) is 9.04. The van der Waals surface area contributed by atoms with Gasteiger partial charge in [0.15, 0.2) is 0 Å². The second-order valence-corrected chi connectivity index (χ2v) is 3.45. The lowest BCUT2D eigenvalue weighted by molar-refractivity contribution is -0.384. The summed E-state index contributed by atoms with van der Waals surface area (Å²) in [6.07, 6.45) is 0. The van der Waals surface area contributed by atoms with Crippen molar-refractivity contribution in [2.45, 2.75) is 6.92 Å². The van der Waals surface area contributed by atoms with Crippen molar-refractivity contribution >= 4 is 17.5 Å². The fourth-order valence-electron chi connectivity index (χ4n) is 1.19. The minimum absolute atomic E-state index is 0.0749. The second kappa shape index (κ2) is 7.07. The maximum atomic E-state index is 11.6. The van der Waals surface area contributed by atoms with Crippen molar-refractivity contribution < 1.29 is 19.2 Å². The number of nitro groups is 1. The van der Waals surface area contributed by atoms with E-state index < -0.39 is 16.7 Å². The zero-order valence-electron chi connectivity index (χ0n) is 10.2. The van der Waals surface area contributed by atoms with Gasteiger partial charge in [0.25, 0.3) is 17.5 Å². The molecule has 0 aromatic heterocycles. The third kappa shape index (κ3) is 4.72. The van der Waals surface area contributed by atoms with E-state index in [1.165, 1.54) is 18.2 Å². The monoisotopic (exact) mass is 267 g/mol. The van der Waals surface area contributed by atoms with Gasteiger partial charge < -0.3 is 4.74 Å². The number of hydrogen-bond donors (Lipinski definition) is 2. The van der Waals surface area contributed by atoms with Crippen molar-refractivity contribution in [3.63, 3.8) is 0 Å². The van der Waals surface area contributed by atoms with E-state index in [2.05, 4.69) is 10.9 Å². The lowest BCUT2D eigenvalue weighted by Gasteiger charge is -2.07. The van der Waals surface area contributed by atoms with Gasteiger partial charge in [0.2, 0.25) is 0 Å². The molecule has 0 spiro atoms. The number of amides is 2. The van der Waals surface area contributed by atoms with E-state index >= 15 is 0 Å². The number of rotatable bonds is 5. The molecule has 0 heterocycles. The van der Waals surface area contributed by atoms with Gasteiger partial charge >= 0.3 is 0 Å². The Morgan fingerprint density at radius 2 is 2.11 bits per heavy atom. The van der Waals surface area contributed by atoms with Gasteiger partial charge in [0.1, 0.15) is 6.61 Å². The quantitative estimate of drug-likeness (QED) is 0.592. The fraction of sp³-hybridized carbons (Fsp3) is 0.273. The molecule has 0 aliphatic carbocycles. The third-order valence-corrected chi connectivity index (χ3v) is 2.07. The van der Waals surface area contributed by atoms with Crippen molar-refractivity contribution in [3.05, 3.63) is 39.9 Å². The van der Waals surface area contributed by atoms with Crippen molar-refractivity contribution in [2.24, 2.45) is 0 Å². The van der Waals surface area contributed by atoms with Crippen LogP contribution in [0, 0.1) is 10.1 Å². The summed E-state index contributed by atoms with van der Waals surface area (Å²) in [5, 5.41) is 10.5. The standard InChI is InChI=1S/C11H13N3O5/c1-2-19-7-10(15)12-13-11(16)8-4-3-5-9(6-8)14(17)18/h3-6H,2,7H2,1H3,(H,12,15)(H,13,16). The molecule has 0 bridgehead atoms. The van der Waals surface area contributed by atoms with E-state index in [9.17, 15) is 19.7 Å². The van der Waals surface area contributed by atoms with Gasteiger partial charge in [-0.3, -0.25) is 30.6 Å². The molecule has 1 aromatic rings. The number of carbonyl (C=O) groups is 2. The molecule has 8 heteroatoms. The molecule has 2 amide bonds. The minimum atomic E-state index is -0.645. The normalized spacial score (nSPS) is 9.74. The first-order valence-corrected chi connectivity index (χ1v) is 5.46. The van der Waals surface area contributed by atoms with E-state index in [-0.39, 0.29) is 17.9 Å². The molecule has 0 saturated heterocycles. The number of nitro benzene ring substituents is 1. The van der Waals surface area contributed by atoms with E-state index in [0.717, 1.165) is 6.07 Å². The van der Waals surface area contributed by atoms with Crippen LogP contribution in [-0.4, -0.2) is 30.0 Å². The number of nitrogens with one attached hydrogen (secondary N) is 2. The van der Waals surface area contributed by atoms with Crippen LogP contribution in [0.1, 0.15) is 17.3 Å². The Morgan fingerprint density at radius 1 is 1.37 bits per heavy atom. The molecule has 0 atom stereocenters. The number of hydrazine groups is 1. The summed E-state index contributed by atoms with van der Waals surface area (Å²) in [6.45, 7) is 1.94. The van der Waals surface area contributed by atoms with Crippen molar-refractivity contribution in [3.8, 4) is 0 Å². The number of ether oxygens (including phenoxy) is 1. The Kier molecular flexibility index (Phi) is 5.42. The van der Waals surface area contributed by atoms with Gasteiger partial charge in [-0.25, -0.2) is 0 Å². The molecule has 19 heavy (non-hydrogen) atoms. The van der Waals surface area contributed by atoms with E-state index in [1.54, 1.807) is 6.92 Å². The van der Waals surface area contributed by atoms with Crippen LogP contribution in [0.3, 0.4) is 0 Å². The van der Waals surface area contributed by atoms with Crippen molar-refractivity contribution in [1.29, 1.82) is 0 Å². The Morgan fingerprint density at radius 3 is 2.74 bits per heavy atom. The maximum absolute atomic E-state index is 11.6. The molecule has 0 aliphatic heterocycles. The third-order valence-electron chi connectivity index (χ3n) is 2.07. The summed E-state index contributed by atoms with van der Waals surface area (Å²) < 4.78 is 4.83. The minimum Gasteiger partial charge on any atom is -0.372 e. The van der Waals surface area contributed by atoms with Crippen LogP contribution in [0.25, 0.3) is 0 Å². The highest BCUT2D eigenvalue weighted by Gasteiger charge is 2.11. The topological polar surface area (TPSA) is 111 Å². The summed E-state index contributed by atoms with van der Waals surface area (Å²) in [5.41, 5.74) is 4.14. The summed E-state index contributed by atoms with van der Waals surface area (Å²) in [4.78, 5) is 32.7. The number of benzene rings is 1. The first-order valence-electron chi connectivity index (χ1n) is 5.46. The van der Waals surface area contributed by atoms with Crippen LogP contribution in [0.2, 0.25) is 0 Å². The van der Waals surface area contributed by atoms with Crippen LogP contribution < -0.4 is 10.9 Å². The lowest BCUT2D eigenvalue weighted by Crippen LogP contribution is -2.43. The highest BCUT2D eigenvalue weighted by molar-refractivity contribution is 5.95. The van der Waals surface area contributed by atoms with Gasteiger partial charge in [0.05, 0.1) is 4.92 Å². The van der Waals surface area contributed by atoms with E-state index in [1.807, 2.05) is 0 Å². The van der Waals surface area contributed by atoms with Crippen molar-refractivity contribution in [2.75, 3.05) is 13.2 Å². The zero-order chi connectivity index (χ0) is 14.3. The molecule has 102 valence electrons. The summed E-state index contributed by atoms with van der Waals surface area (Å²) in [5.74, 6) is -1.16. The summed E-state index contributed by atoms with van der Waals surface area (Å²) in [6, 6.07) is 5.17. The smallest absolute Gasteiger partial charge is 0.270 e. The highest BCUT2D eigenvalue weighted by Crippen LogP contribution is 2.12. The molecular weight excluding hydrogens is 254 g/mol. The molecular formula is C11H13N3O5. The molecule has 1 aromatic carbocycles. The van der Waals surface area contributed by atoms with Gasteiger partial charge in [-0.1, -0.05) is 6.07 Å². The maximum Gasteiger partial charge on any atom is 0.270 e. The number of carbonyl (C=O) groups excluding carboxylic acids is 2. The molecule has 0 aliphatic rings. The number of nitrogens with zero attached hydrogens (tertiary/aromatic N) is 1. The molecule has 0 unspecified atom stereocenters. The average Bonchev–Trinajstić information content (AvgIpc) is 2.42. The molecule has 0 fully saturated rings. The zero-order valence-corrected chi connectivity index (χ0v) is 10.2. The molecule has 8 nitrogen and oxygen atoms in total. The highest BCUT2D eigenvalue weighted by atomic mass is 16.6. The predicted octanol–water partition coefficient (Wildman–Crippen LogP) is 0.392. The van der Waals surface area contributed by atoms with Crippen molar-refractivity contribution in [1.82, 2.24) is 10.9 Å². The average molecular weight is 267 g/mol. The predicted molar refractivity (Wildman–Crippen MR) is 65.2 cm³/mol. The van der Waals surface area contributed by atoms with Gasteiger partial charge in [-0.05, 0) is 13.0 Å². The van der Waals surface area contributed by atoms with Crippen LogP contribution >= 0.6 is 0 Å².